The lowest BCUT2D eigenvalue weighted by Crippen LogP contribution is -2.12. The van der Waals surface area contributed by atoms with Crippen molar-refractivity contribution >= 4 is 28.8 Å². The van der Waals surface area contributed by atoms with Crippen LogP contribution in [0.2, 0.25) is 0 Å². The van der Waals surface area contributed by atoms with Crippen molar-refractivity contribution in [2.24, 2.45) is 0 Å². The third kappa shape index (κ3) is 2.44. The number of benzene rings is 1. The molecule has 110 valence electrons. The molecule has 0 amide bonds. The number of hydrogen-bond acceptors (Lipinski definition) is 3. The molecule has 0 spiro atoms. The average Bonchev–Trinajstić information content (AvgIpc) is 3.07. The minimum atomic E-state index is -0.884. The van der Waals surface area contributed by atoms with E-state index < -0.39 is 5.97 Å². The van der Waals surface area contributed by atoms with Crippen LogP contribution in [0.4, 0.5) is 0 Å². The summed E-state index contributed by atoms with van der Waals surface area (Å²) in [5, 5.41) is 9.81. The number of thioether (sulfide) groups is 1. The van der Waals surface area contributed by atoms with Crippen LogP contribution in [0.1, 0.15) is 47.8 Å². The van der Waals surface area contributed by atoms with E-state index in [1.807, 2.05) is 6.07 Å². The van der Waals surface area contributed by atoms with Crippen LogP contribution in [0.3, 0.4) is 0 Å². The van der Waals surface area contributed by atoms with E-state index in [0.29, 0.717) is 16.7 Å². The fraction of sp³-hybridized carbons (Fsp3) is 0.500. The van der Waals surface area contributed by atoms with Crippen molar-refractivity contribution in [3.63, 3.8) is 0 Å². The van der Waals surface area contributed by atoms with Gasteiger partial charge in [0, 0.05) is 17.7 Å². The zero-order valence-corrected chi connectivity index (χ0v) is 12.6. The second kappa shape index (κ2) is 5.05. The van der Waals surface area contributed by atoms with Gasteiger partial charge in [-0.15, -0.1) is 0 Å². The number of carboxylic acid groups (broad SMARTS) is 1. The Labute approximate surface area is 127 Å². The van der Waals surface area contributed by atoms with E-state index in [1.54, 1.807) is 12.1 Å². The number of hydrogen-bond donors (Lipinski definition) is 1. The van der Waals surface area contributed by atoms with E-state index in [2.05, 4.69) is 16.3 Å². The zero-order chi connectivity index (χ0) is 14.4. The minimum Gasteiger partial charge on any atom is -0.478 e. The van der Waals surface area contributed by atoms with Crippen molar-refractivity contribution in [1.82, 2.24) is 9.55 Å². The first-order valence-electron chi connectivity index (χ1n) is 7.57. The second-order valence-corrected chi connectivity index (χ2v) is 7.41. The van der Waals surface area contributed by atoms with E-state index in [9.17, 15) is 4.79 Å². The molecule has 1 N–H and O–H groups in total. The molecular formula is C16H18N2O2S. The third-order valence-electron chi connectivity index (χ3n) is 4.38. The van der Waals surface area contributed by atoms with Gasteiger partial charge in [0.1, 0.15) is 5.82 Å². The molecule has 2 fully saturated rings. The molecule has 1 unspecified atom stereocenters. The lowest BCUT2D eigenvalue weighted by atomic mass is 10.2. The highest BCUT2D eigenvalue weighted by atomic mass is 32.2. The molecule has 1 aromatic heterocycles. The maximum absolute atomic E-state index is 11.1. The Balaban J connectivity index is 1.78. The van der Waals surface area contributed by atoms with Crippen LogP contribution >= 0.6 is 11.8 Å². The molecule has 2 heterocycles. The number of imidazole rings is 1. The number of aromatic carboxylic acids is 1. The van der Waals surface area contributed by atoms with Crippen LogP contribution in [0, 0.1) is 0 Å². The normalized spacial score (nSPS) is 22.0. The van der Waals surface area contributed by atoms with Gasteiger partial charge in [-0.25, -0.2) is 9.78 Å². The molecule has 21 heavy (non-hydrogen) atoms. The molecule has 1 aromatic carbocycles. The summed E-state index contributed by atoms with van der Waals surface area (Å²) in [5.74, 6) is 2.13. The van der Waals surface area contributed by atoms with Crippen LogP contribution in [0.15, 0.2) is 18.2 Å². The summed E-state index contributed by atoms with van der Waals surface area (Å²) in [6.45, 7) is 1.01. The van der Waals surface area contributed by atoms with Gasteiger partial charge in [0.25, 0.3) is 0 Å². The van der Waals surface area contributed by atoms with Crippen molar-refractivity contribution in [2.75, 3.05) is 5.75 Å². The summed E-state index contributed by atoms with van der Waals surface area (Å²) in [4.78, 5) is 15.9. The second-order valence-electron chi connectivity index (χ2n) is 6.00. The molecule has 2 aliphatic rings. The van der Waals surface area contributed by atoms with Gasteiger partial charge < -0.3 is 9.67 Å². The molecule has 4 rings (SSSR count). The molecule has 2 aromatic rings. The smallest absolute Gasteiger partial charge is 0.335 e. The summed E-state index contributed by atoms with van der Waals surface area (Å²) >= 11 is 2.06. The Kier molecular flexibility index (Phi) is 3.17. The number of carboxylic acids is 1. The Morgan fingerprint density at radius 3 is 2.90 bits per heavy atom. The molecule has 1 saturated heterocycles. The number of aromatic nitrogens is 2. The molecule has 5 heteroatoms. The van der Waals surface area contributed by atoms with Crippen molar-refractivity contribution in [1.29, 1.82) is 0 Å². The first-order valence-corrected chi connectivity index (χ1v) is 8.62. The Morgan fingerprint density at radius 2 is 2.24 bits per heavy atom. The average molecular weight is 302 g/mol. The van der Waals surface area contributed by atoms with E-state index in [0.717, 1.165) is 17.6 Å². The number of rotatable bonds is 4. The standard InChI is InChI=1S/C16H18N2O2S/c19-16(20)11-5-6-14-13(8-11)17-15(10-3-4-10)18(14)9-12-2-1-7-21-12/h5-6,8,10,12H,1-4,7,9H2,(H,19,20). The number of fused-ring (bicyclic) bond motifs is 1. The highest BCUT2D eigenvalue weighted by Crippen LogP contribution is 2.41. The van der Waals surface area contributed by atoms with E-state index in [1.165, 1.54) is 37.3 Å². The predicted octanol–water partition coefficient (Wildman–Crippen LogP) is 3.51. The molecule has 1 atom stereocenters. The van der Waals surface area contributed by atoms with Crippen molar-refractivity contribution < 1.29 is 9.90 Å². The Bertz CT molecular complexity index is 700. The molecule has 0 bridgehead atoms. The van der Waals surface area contributed by atoms with E-state index in [4.69, 9.17) is 10.1 Å². The zero-order valence-electron chi connectivity index (χ0n) is 11.8. The van der Waals surface area contributed by atoms with Crippen molar-refractivity contribution in [3.8, 4) is 0 Å². The molecule has 0 radical (unpaired) electrons. The molecular weight excluding hydrogens is 284 g/mol. The summed E-state index contributed by atoms with van der Waals surface area (Å²) in [5.41, 5.74) is 2.25. The summed E-state index contributed by atoms with van der Waals surface area (Å²) in [6, 6.07) is 5.33. The molecule has 4 nitrogen and oxygen atoms in total. The number of carbonyl (C=O) groups is 1. The van der Waals surface area contributed by atoms with E-state index >= 15 is 0 Å². The SMILES string of the molecule is O=C(O)c1ccc2c(c1)nc(C1CC1)n2CC1CCCS1. The van der Waals surface area contributed by atoms with Gasteiger partial charge in [0.15, 0.2) is 0 Å². The summed E-state index contributed by atoms with van der Waals surface area (Å²) < 4.78 is 2.35. The summed E-state index contributed by atoms with van der Waals surface area (Å²) in [6.07, 6.45) is 5.02. The van der Waals surface area contributed by atoms with Gasteiger partial charge in [-0.05, 0) is 49.6 Å². The van der Waals surface area contributed by atoms with Crippen molar-refractivity contribution in [2.45, 2.75) is 43.4 Å². The van der Waals surface area contributed by atoms with Gasteiger partial charge in [-0.2, -0.15) is 11.8 Å². The Morgan fingerprint density at radius 1 is 1.38 bits per heavy atom. The van der Waals surface area contributed by atoms with Gasteiger partial charge >= 0.3 is 5.97 Å². The third-order valence-corrected chi connectivity index (χ3v) is 5.76. The fourth-order valence-corrected chi connectivity index (χ4v) is 4.37. The van der Waals surface area contributed by atoms with Gasteiger partial charge in [-0.3, -0.25) is 0 Å². The first-order chi connectivity index (χ1) is 10.2. The highest BCUT2D eigenvalue weighted by molar-refractivity contribution is 8.00. The lowest BCUT2D eigenvalue weighted by molar-refractivity contribution is 0.0697. The van der Waals surface area contributed by atoms with Crippen LogP contribution in [0.25, 0.3) is 11.0 Å². The lowest BCUT2D eigenvalue weighted by Gasteiger charge is -2.13. The summed E-state index contributed by atoms with van der Waals surface area (Å²) in [7, 11) is 0. The van der Waals surface area contributed by atoms with Crippen LogP contribution in [0.5, 0.6) is 0 Å². The van der Waals surface area contributed by atoms with Crippen LogP contribution in [-0.4, -0.2) is 31.6 Å². The number of nitrogens with zero attached hydrogens (tertiary/aromatic N) is 2. The van der Waals surface area contributed by atoms with Crippen molar-refractivity contribution in [3.05, 3.63) is 29.6 Å². The van der Waals surface area contributed by atoms with Crippen LogP contribution in [-0.2, 0) is 6.54 Å². The Hall–Kier alpha value is -1.49. The molecule has 1 aliphatic heterocycles. The minimum absolute atomic E-state index is 0.324. The fourth-order valence-electron chi connectivity index (χ4n) is 3.12. The van der Waals surface area contributed by atoms with Gasteiger partial charge in [0.2, 0.25) is 0 Å². The van der Waals surface area contributed by atoms with Gasteiger partial charge in [0.05, 0.1) is 16.6 Å². The predicted molar refractivity (Wildman–Crippen MR) is 84.1 cm³/mol. The van der Waals surface area contributed by atoms with E-state index in [-0.39, 0.29) is 0 Å². The first kappa shape index (κ1) is 13.2. The quantitative estimate of drug-likeness (QED) is 0.939. The maximum Gasteiger partial charge on any atom is 0.335 e. The molecule has 1 saturated carbocycles. The molecule has 1 aliphatic carbocycles. The maximum atomic E-state index is 11.1. The topological polar surface area (TPSA) is 55.1 Å². The monoisotopic (exact) mass is 302 g/mol. The largest absolute Gasteiger partial charge is 0.478 e. The van der Waals surface area contributed by atoms with Gasteiger partial charge in [-0.1, -0.05) is 0 Å². The highest BCUT2D eigenvalue weighted by Gasteiger charge is 2.31. The van der Waals surface area contributed by atoms with Crippen LogP contribution < -0.4 is 0 Å².